The van der Waals surface area contributed by atoms with Crippen LogP contribution in [0.15, 0.2) is 41.2 Å². The van der Waals surface area contributed by atoms with Gasteiger partial charge in [0.2, 0.25) is 0 Å². The lowest BCUT2D eigenvalue weighted by atomic mass is 9.95. The Morgan fingerprint density at radius 3 is 2.75 bits per heavy atom. The maximum Gasteiger partial charge on any atom is 0.272 e. The molecular weight excluding hydrogens is 311 g/mol. The second-order valence-electron chi connectivity index (χ2n) is 6.00. The van der Waals surface area contributed by atoms with Crippen molar-refractivity contribution in [1.82, 2.24) is 20.4 Å². The van der Waals surface area contributed by atoms with Crippen LogP contribution in [0.5, 0.6) is 0 Å². The van der Waals surface area contributed by atoms with E-state index in [0.717, 1.165) is 17.6 Å². The summed E-state index contributed by atoms with van der Waals surface area (Å²) in [5.41, 5.74) is 0.173. The van der Waals surface area contributed by atoms with Crippen LogP contribution in [-0.4, -0.2) is 34.8 Å². The van der Waals surface area contributed by atoms with E-state index in [9.17, 15) is 14.0 Å². The molecule has 1 amide bonds. The molecule has 24 heavy (non-hydrogen) atoms. The van der Waals surface area contributed by atoms with Gasteiger partial charge in [-0.1, -0.05) is 6.92 Å². The van der Waals surface area contributed by atoms with Gasteiger partial charge in [0.1, 0.15) is 11.5 Å². The van der Waals surface area contributed by atoms with Gasteiger partial charge in [0.25, 0.3) is 11.5 Å². The van der Waals surface area contributed by atoms with Gasteiger partial charge in [-0.05, 0) is 49.2 Å². The lowest BCUT2D eigenvalue weighted by Crippen LogP contribution is -2.50. The Morgan fingerprint density at radius 1 is 1.29 bits per heavy atom. The summed E-state index contributed by atoms with van der Waals surface area (Å²) in [7, 11) is 0. The number of hydrogen-bond acceptors (Lipinski definition) is 4. The van der Waals surface area contributed by atoms with E-state index in [1.165, 1.54) is 36.4 Å². The van der Waals surface area contributed by atoms with Crippen molar-refractivity contribution in [2.75, 3.05) is 13.1 Å². The largest absolute Gasteiger partial charge is 0.346 e. The predicted molar refractivity (Wildman–Crippen MR) is 87.7 cm³/mol. The summed E-state index contributed by atoms with van der Waals surface area (Å²) in [6.45, 7) is 3.75. The molecule has 0 bridgehead atoms. The molecule has 1 aliphatic heterocycles. The summed E-state index contributed by atoms with van der Waals surface area (Å²) in [4.78, 5) is 24.4. The third kappa shape index (κ3) is 3.51. The van der Waals surface area contributed by atoms with E-state index in [1.54, 1.807) is 0 Å². The molecule has 0 spiro atoms. The van der Waals surface area contributed by atoms with Crippen LogP contribution in [-0.2, 0) is 0 Å². The summed E-state index contributed by atoms with van der Waals surface area (Å²) < 4.78 is 14.1. The average molecular weight is 330 g/mol. The Morgan fingerprint density at radius 2 is 2.04 bits per heavy atom. The highest BCUT2D eigenvalue weighted by atomic mass is 19.1. The van der Waals surface area contributed by atoms with Gasteiger partial charge in [0.15, 0.2) is 0 Å². The monoisotopic (exact) mass is 330 g/mol. The van der Waals surface area contributed by atoms with Gasteiger partial charge >= 0.3 is 0 Å². The topological polar surface area (TPSA) is 76.0 Å². The molecule has 1 aromatic heterocycles. The fourth-order valence-electron chi connectivity index (χ4n) is 2.72. The molecule has 6 nitrogen and oxygen atoms in total. The maximum atomic E-state index is 13.0. The zero-order valence-corrected chi connectivity index (χ0v) is 13.3. The lowest BCUT2D eigenvalue weighted by Gasteiger charge is -2.30. The first kappa shape index (κ1) is 16.3. The highest BCUT2D eigenvalue weighted by Gasteiger charge is 2.23. The first-order valence-electron chi connectivity index (χ1n) is 7.92. The predicted octanol–water partition coefficient (Wildman–Crippen LogP) is 1.10. The summed E-state index contributed by atoms with van der Waals surface area (Å²) in [5.74, 6) is -0.357. The highest BCUT2D eigenvalue weighted by molar-refractivity contribution is 5.92. The minimum absolute atomic E-state index is 0.0271. The van der Waals surface area contributed by atoms with Crippen LogP contribution in [0.2, 0.25) is 0 Å². The fraction of sp³-hybridized carbons (Fsp3) is 0.353. The van der Waals surface area contributed by atoms with E-state index >= 15 is 0 Å². The normalized spacial score (nSPS) is 20.6. The van der Waals surface area contributed by atoms with E-state index in [0.29, 0.717) is 18.2 Å². The minimum Gasteiger partial charge on any atom is -0.346 e. The molecule has 7 heteroatoms. The first-order valence-corrected chi connectivity index (χ1v) is 7.92. The van der Waals surface area contributed by atoms with Crippen LogP contribution in [0.4, 0.5) is 4.39 Å². The number of nitrogens with zero attached hydrogens (tertiary/aromatic N) is 2. The quantitative estimate of drug-likeness (QED) is 0.884. The molecule has 1 saturated heterocycles. The van der Waals surface area contributed by atoms with Crippen molar-refractivity contribution >= 4 is 5.91 Å². The Hall–Kier alpha value is -2.54. The Labute approximate surface area is 138 Å². The van der Waals surface area contributed by atoms with Crippen molar-refractivity contribution in [2.24, 2.45) is 5.92 Å². The molecule has 2 atom stereocenters. The number of carbonyl (C=O) groups excluding carboxylic acids is 1. The SMILES string of the molecule is CC1CCNCC1NC(=O)c1ccc(=O)n(-c2ccc(F)cc2)n1. The third-order valence-electron chi connectivity index (χ3n) is 4.25. The smallest absolute Gasteiger partial charge is 0.272 e. The van der Waals surface area contributed by atoms with E-state index < -0.39 is 5.82 Å². The third-order valence-corrected chi connectivity index (χ3v) is 4.25. The van der Waals surface area contributed by atoms with Crippen LogP contribution in [0.1, 0.15) is 23.8 Å². The number of aromatic nitrogens is 2. The number of amides is 1. The van der Waals surface area contributed by atoms with E-state index in [4.69, 9.17) is 0 Å². The highest BCUT2D eigenvalue weighted by Crippen LogP contribution is 2.12. The van der Waals surface area contributed by atoms with Crippen molar-refractivity contribution in [3.8, 4) is 5.69 Å². The summed E-state index contributed by atoms with van der Waals surface area (Å²) >= 11 is 0. The van der Waals surface area contributed by atoms with Crippen LogP contribution < -0.4 is 16.2 Å². The van der Waals surface area contributed by atoms with E-state index in [-0.39, 0.29) is 23.2 Å². The van der Waals surface area contributed by atoms with Gasteiger partial charge in [0, 0.05) is 18.7 Å². The molecule has 0 saturated carbocycles. The number of nitrogens with one attached hydrogen (secondary N) is 2. The summed E-state index contributed by atoms with van der Waals surface area (Å²) in [6, 6.07) is 8.08. The van der Waals surface area contributed by atoms with Gasteiger partial charge < -0.3 is 10.6 Å². The molecule has 2 heterocycles. The van der Waals surface area contributed by atoms with Crippen molar-refractivity contribution in [2.45, 2.75) is 19.4 Å². The zero-order valence-electron chi connectivity index (χ0n) is 13.3. The second-order valence-corrected chi connectivity index (χ2v) is 6.00. The molecule has 0 aliphatic carbocycles. The van der Waals surface area contributed by atoms with Crippen molar-refractivity contribution < 1.29 is 9.18 Å². The number of piperidine rings is 1. The first-order chi connectivity index (χ1) is 11.5. The molecule has 2 unspecified atom stereocenters. The molecule has 1 aromatic carbocycles. The van der Waals surface area contributed by atoms with E-state index in [2.05, 4.69) is 22.7 Å². The van der Waals surface area contributed by atoms with Gasteiger partial charge in [-0.2, -0.15) is 9.78 Å². The van der Waals surface area contributed by atoms with Gasteiger partial charge in [-0.15, -0.1) is 0 Å². The molecule has 1 fully saturated rings. The van der Waals surface area contributed by atoms with Crippen molar-refractivity contribution in [3.05, 3.63) is 58.3 Å². The van der Waals surface area contributed by atoms with Crippen LogP contribution >= 0.6 is 0 Å². The second kappa shape index (κ2) is 6.92. The molecule has 2 aromatic rings. The Balaban J connectivity index is 1.83. The summed E-state index contributed by atoms with van der Waals surface area (Å²) in [6.07, 6.45) is 0.994. The van der Waals surface area contributed by atoms with E-state index in [1.807, 2.05) is 0 Å². The zero-order chi connectivity index (χ0) is 17.1. The molecule has 3 rings (SSSR count). The van der Waals surface area contributed by atoms with Gasteiger partial charge in [-0.25, -0.2) is 4.39 Å². The number of hydrogen-bond donors (Lipinski definition) is 2. The Kier molecular flexibility index (Phi) is 4.71. The molecule has 1 aliphatic rings. The van der Waals surface area contributed by atoms with Gasteiger partial charge in [0.05, 0.1) is 5.69 Å². The number of halogens is 1. The van der Waals surface area contributed by atoms with Crippen LogP contribution in [0.25, 0.3) is 5.69 Å². The maximum absolute atomic E-state index is 13.0. The number of carbonyl (C=O) groups is 1. The standard InChI is InChI=1S/C17H19FN4O2/c1-11-8-9-19-10-15(11)20-17(24)14-6-7-16(23)22(21-14)13-4-2-12(18)3-5-13/h2-7,11,15,19H,8-10H2,1H3,(H,20,24). The lowest BCUT2D eigenvalue weighted by molar-refractivity contribution is 0.0908. The van der Waals surface area contributed by atoms with Crippen molar-refractivity contribution in [1.29, 1.82) is 0 Å². The molecule has 2 N–H and O–H groups in total. The van der Waals surface area contributed by atoms with Crippen molar-refractivity contribution in [3.63, 3.8) is 0 Å². The van der Waals surface area contributed by atoms with Crippen LogP contribution in [0, 0.1) is 11.7 Å². The number of benzene rings is 1. The molecule has 126 valence electrons. The fourth-order valence-corrected chi connectivity index (χ4v) is 2.72. The molecular formula is C17H19FN4O2. The molecule has 0 radical (unpaired) electrons. The minimum atomic E-state index is -0.403. The Bertz CT molecular complexity index is 788. The van der Waals surface area contributed by atoms with Crippen LogP contribution in [0.3, 0.4) is 0 Å². The number of rotatable bonds is 3. The average Bonchev–Trinajstić information content (AvgIpc) is 2.58. The van der Waals surface area contributed by atoms with Gasteiger partial charge in [-0.3, -0.25) is 9.59 Å². The summed E-state index contributed by atoms with van der Waals surface area (Å²) in [5, 5.41) is 10.3.